The lowest BCUT2D eigenvalue weighted by atomic mass is 10.1. The van der Waals surface area contributed by atoms with Crippen LogP contribution in [0.25, 0.3) is 0 Å². The molecule has 0 aliphatic rings. The molecule has 0 saturated heterocycles. The van der Waals surface area contributed by atoms with Crippen molar-refractivity contribution >= 4 is 11.8 Å². The first-order valence-electron chi connectivity index (χ1n) is 7.01. The quantitative estimate of drug-likeness (QED) is 0.575. The first kappa shape index (κ1) is 17.3. The monoisotopic (exact) mass is 260 g/mol. The molecule has 1 unspecified atom stereocenters. The minimum Gasteiger partial charge on any atom is -0.315 e. The van der Waals surface area contributed by atoms with Gasteiger partial charge in [0, 0.05) is 24.9 Å². The van der Waals surface area contributed by atoms with Gasteiger partial charge in [0.2, 0.25) is 0 Å². The van der Waals surface area contributed by atoms with Crippen molar-refractivity contribution in [3.05, 3.63) is 0 Å². The number of hydrogen-bond acceptors (Lipinski definition) is 3. The Bertz CT molecular complexity index is 162. The maximum atomic E-state index is 3.54. The van der Waals surface area contributed by atoms with Gasteiger partial charge in [-0.2, -0.15) is 11.8 Å². The summed E-state index contributed by atoms with van der Waals surface area (Å²) in [4.78, 5) is 2.49. The molecular formula is C14H32N2S. The lowest BCUT2D eigenvalue weighted by Crippen LogP contribution is -2.38. The van der Waals surface area contributed by atoms with Crippen LogP contribution in [0, 0.1) is 5.92 Å². The van der Waals surface area contributed by atoms with Crippen LogP contribution in [0.2, 0.25) is 0 Å². The minimum atomic E-state index is 0.738. The molecule has 0 aliphatic heterocycles. The Labute approximate surface area is 113 Å². The Morgan fingerprint density at radius 3 is 2.47 bits per heavy atom. The highest BCUT2D eigenvalue weighted by Crippen LogP contribution is 2.07. The Hall–Kier alpha value is 0.270. The summed E-state index contributed by atoms with van der Waals surface area (Å²) < 4.78 is 0. The molecule has 0 aromatic heterocycles. The molecule has 1 N–H and O–H groups in total. The van der Waals surface area contributed by atoms with Gasteiger partial charge in [0.25, 0.3) is 0 Å². The summed E-state index contributed by atoms with van der Waals surface area (Å²) >= 11 is 1.95. The molecule has 0 bridgehead atoms. The summed E-state index contributed by atoms with van der Waals surface area (Å²) in [5.41, 5.74) is 0. The Morgan fingerprint density at radius 2 is 1.94 bits per heavy atom. The molecule has 0 aliphatic carbocycles. The van der Waals surface area contributed by atoms with Crippen LogP contribution < -0.4 is 5.32 Å². The van der Waals surface area contributed by atoms with Crippen LogP contribution in [0.1, 0.15) is 40.0 Å². The zero-order chi connectivity index (χ0) is 13.1. The molecule has 0 aromatic carbocycles. The molecule has 3 heteroatoms. The average molecular weight is 260 g/mol. The van der Waals surface area contributed by atoms with E-state index >= 15 is 0 Å². The Morgan fingerprint density at radius 1 is 1.24 bits per heavy atom. The molecule has 2 nitrogen and oxygen atoms in total. The van der Waals surface area contributed by atoms with Crippen molar-refractivity contribution in [3.8, 4) is 0 Å². The molecular weight excluding hydrogens is 228 g/mol. The fourth-order valence-electron chi connectivity index (χ4n) is 1.95. The van der Waals surface area contributed by atoms with Crippen LogP contribution in [0.5, 0.6) is 0 Å². The van der Waals surface area contributed by atoms with Crippen molar-refractivity contribution in [1.29, 1.82) is 0 Å². The van der Waals surface area contributed by atoms with Gasteiger partial charge in [0.1, 0.15) is 0 Å². The molecule has 1 atom stereocenters. The number of thioether (sulfide) groups is 1. The third kappa shape index (κ3) is 9.93. The van der Waals surface area contributed by atoms with E-state index < -0.39 is 0 Å². The van der Waals surface area contributed by atoms with Crippen LogP contribution in [-0.2, 0) is 0 Å². The maximum absolute atomic E-state index is 3.54. The molecule has 0 fully saturated rings. The van der Waals surface area contributed by atoms with E-state index in [4.69, 9.17) is 0 Å². The average Bonchev–Trinajstić information content (AvgIpc) is 2.29. The highest BCUT2D eigenvalue weighted by atomic mass is 32.2. The topological polar surface area (TPSA) is 15.3 Å². The second-order valence-corrected chi connectivity index (χ2v) is 6.19. The second kappa shape index (κ2) is 11.4. The largest absolute Gasteiger partial charge is 0.315 e. The Kier molecular flexibility index (Phi) is 11.5. The van der Waals surface area contributed by atoms with Gasteiger partial charge in [-0.05, 0) is 45.0 Å². The number of nitrogens with zero attached hydrogens (tertiary/aromatic N) is 1. The molecule has 0 aromatic rings. The minimum absolute atomic E-state index is 0.738. The summed E-state index contributed by atoms with van der Waals surface area (Å²) in [5, 5.41) is 3.54. The van der Waals surface area contributed by atoms with Crippen LogP contribution in [0.15, 0.2) is 0 Å². The Balaban J connectivity index is 3.46. The van der Waals surface area contributed by atoms with Crippen molar-refractivity contribution in [3.63, 3.8) is 0 Å². The lowest BCUT2D eigenvalue weighted by Gasteiger charge is -2.26. The SMILES string of the molecule is CCC(CSC)N(C)CCNCCCC(C)C. The molecule has 0 rings (SSSR count). The highest BCUT2D eigenvalue weighted by molar-refractivity contribution is 7.98. The van der Waals surface area contributed by atoms with Gasteiger partial charge in [-0.25, -0.2) is 0 Å². The van der Waals surface area contributed by atoms with E-state index in [9.17, 15) is 0 Å². The molecule has 0 heterocycles. The van der Waals surface area contributed by atoms with Crippen LogP contribution >= 0.6 is 11.8 Å². The number of likely N-dealkylation sites (N-methyl/N-ethyl adjacent to an activating group) is 1. The van der Waals surface area contributed by atoms with Crippen molar-refractivity contribution in [2.24, 2.45) is 5.92 Å². The fraction of sp³-hybridized carbons (Fsp3) is 1.00. The standard InChI is InChI=1S/C14H32N2S/c1-6-14(12-17-5)16(4)11-10-15-9-7-8-13(2)3/h13-15H,6-12H2,1-5H3. The highest BCUT2D eigenvalue weighted by Gasteiger charge is 2.10. The zero-order valence-electron chi connectivity index (χ0n) is 12.5. The van der Waals surface area contributed by atoms with E-state index in [2.05, 4.69) is 44.3 Å². The molecule has 0 saturated carbocycles. The second-order valence-electron chi connectivity index (χ2n) is 5.28. The van der Waals surface area contributed by atoms with Gasteiger partial charge in [-0.15, -0.1) is 0 Å². The van der Waals surface area contributed by atoms with E-state index in [0.717, 1.165) is 18.5 Å². The van der Waals surface area contributed by atoms with Crippen molar-refractivity contribution in [2.75, 3.05) is 38.7 Å². The smallest absolute Gasteiger partial charge is 0.0181 e. The molecule has 104 valence electrons. The molecule has 0 radical (unpaired) electrons. The fourth-order valence-corrected chi connectivity index (χ4v) is 2.82. The molecule has 17 heavy (non-hydrogen) atoms. The number of hydrogen-bond donors (Lipinski definition) is 1. The van der Waals surface area contributed by atoms with E-state index in [0.29, 0.717) is 0 Å². The van der Waals surface area contributed by atoms with Crippen molar-refractivity contribution < 1.29 is 0 Å². The summed E-state index contributed by atoms with van der Waals surface area (Å²) in [7, 11) is 2.25. The third-order valence-corrected chi connectivity index (χ3v) is 3.95. The van der Waals surface area contributed by atoms with Crippen molar-refractivity contribution in [2.45, 2.75) is 46.1 Å². The number of rotatable bonds is 11. The van der Waals surface area contributed by atoms with E-state index in [1.165, 1.54) is 38.1 Å². The first-order chi connectivity index (χ1) is 8.11. The van der Waals surface area contributed by atoms with E-state index in [-0.39, 0.29) is 0 Å². The van der Waals surface area contributed by atoms with Gasteiger partial charge >= 0.3 is 0 Å². The molecule has 0 amide bonds. The van der Waals surface area contributed by atoms with Gasteiger partial charge in [-0.1, -0.05) is 20.8 Å². The van der Waals surface area contributed by atoms with E-state index in [1.807, 2.05) is 11.8 Å². The summed E-state index contributed by atoms with van der Waals surface area (Å²) in [6.07, 6.45) is 6.10. The summed E-state index contributed by atoms with van der Waals surface area (Å²) in [6, 6.07) is 0.738. The zero-order valence-corrected chi connectivity index (χ0v) is 13.3. The van der Waals surface area contributed by atoms with Gasteiger partial charge in [0.05, 0.1) is 0 Å². The van der Waals surface area contributed by atoms with Crippen LogP contribution in [0.4, 0.5) is 0 Å². The predicted octanol–water partition coefficient (Wildman–Crippen LogP) is 3.09. The van der Waals surface area contributed by atoms with Gasteiger partial charge in [0.15, 0.2) is 0 Å². The first-order valence-corrected chi connectivity index (χ1v) is 8.41. The van der Waals surface area contributed by atoms with Crippen LogP contribution in [0.3, 0.4) is 0 Å². The number of nitrogens with one attached hydrogen (secondary N) is 1. The van der Waals surface area contributed by atoms with Crippen LogP contribution in [-0.4, -0.2) is 49.6 Å². The predicted molar refractivity (Wildman–Crippen MR) is 82.0 cm³/mol. The third-order valence-electron chi connectivity index (χ3n) is 3.23. The van der Waals surface area contributed by atoms with Gasteiger partial charge < -0.3 is 10.2 Å². The lowest BCUT2D eigenvalue weighted by molar-refractivity contribution is 0.255. The van der Waals surface area contributed by atoms with E-state index in [1.54, 1.807) is 0 Å². The summed E-state index contributed by atoms with van der Waals surface area (Å²) in [6.45, 7) is 10.3. The maximum Gasteiger partial charge on any atom is 0.0181 e. The molecule has 0 spiro atoms. The van der Waals surface area contributed by atoms with Gasteiger partial charge in [-0.3, -0.25) is 0 Å². The normalized spacial score (nSPS) is 13.6. The van der Waals surface area contributed by atoms with Crippen molar-refractivity contribution in [1.82, 2.24) is 10.2 Å². The summed E-state index contributed by atoms with van der Waals surface area (Å²) in [5.74, 6) is 2.09.